The molecule has 1 aromatic rings. The maximum absolute atomic E-state index is 12.7. The predicted octanol–water partition coefficient (Wildman–Crippen LogP) is 1.86. The summed E-state index contributed by atoms with van der Waals surface area (Å²) in [7, 11) is -3.47. The lowest BCUT2D eigenvalue weighted by Crippen LogP contribution is -2.49. The Morgan fingerprint density at radius 3 is 2.62 bits per heavy atom. The van der Waals surface area contributed by atoms with Gasteiger partial charge in [-0.25, -0.2) is 17.9 Å². The van der Waals surface area contributed by atoms with Gasteiger partial charge in [-0.3, -0.25) is 10.1 Å². The second kappa shape index (κ2) is 9.76. The lowest BCUT2D eigenvalue weighted by atomic mass is 10.1. The number of urea groups is 1. The van der Waals surface area contributed by atoms with Crippen molar-refractivity contribution in [1.82, 2.24) is 14.9 Å². The molecule has 0 radical (unpaired) electrons. The highest BCUT2D eigenvalue weighted by Crippen LogP contribution is 2.46. The molecule has 1 heterocycles. The van der Waals surface area contributed by atoms with Crippen molar-refractivity contribution in [3.63, 3.8) is 0 Å². The number of aliphatic hydroxyl groups is 1. The SMILES string of the molecule is CC(C)(O)COc1cccc(C2(NS(=O)(=O)CCCCCN3CCC(=O)NC3=O)CC2)c1. The number of ether oxygens (including phenoxy) is 1. The smallest absolute Gasteiger partial charge is 0.324 e. The number of rotatable bonds is 12. The van der Waals surface area contributed by atoms with E-state index in [9.17, 15) is 23.1 Å². The van der Waals surface area contributed by atoms with E-state index in [-0.39, 0.29) is 24.3 Å². The molecule has 1 aliphatic heterocycles. The molecule has 2 aliphatic rings. The summed E-state index contributed by atoms with van der Waals surface area (Å²) in [6.45, 7) is 4.38. The van der Waals surface area contributed by atoms with Gasteiger partial charge in [-0.1, -0.05) is 18.6 Å². The summed E-state index contributed by atoms with van der Waals surface area (Å²) in [6.07, 6.45) is 3.60. The summed E-state index contributed by atoms with van der Waals surface area (Å²) in [5, 5.41) is 12.1. The van der Waals surface area contributed by atoms with Gasteiger partial charge in [0.1, 0.15) is 12.4 Å². The number of carbonyl (C=O) groups excluding carboxylic acids is 2. The average molecular weight is 468 g/mol. The Morgan fingerprint density at radius 1 is 1.22 bits per heavy atom. The van der Waals surface area contributed by atoms with E-state index in [1.807, 2.05) is 18.2 Å². The molecule has 9 nitrogen and oxygen atoms in total. The Hall–Kier alpha value is -2.17. The molecule has 1 saturated carbocycles. The molecule has 0 bridgehead atoms. The maximum Gasteiger partial charge on any atom is 0.324 e. The molecule has 3 amide bonds. The zero-order valence-electron chi connectivity index (χ0n) is 18.7. The Morgan fingerprint density at radius 2 is 1.97 bits per heavy atom. The second-order valence-electron chi connectivity index (χ2n) is 9.28. The van der Waals surface area contributed by atoms with E-state index >= 15 is 0 Å². The zero-order chi connectivity index (χ0) is 23.4. The van der Waals surface area contributed by atoms with E-state index in [1.165, 1.54) is 0 Å². The van der Waals surface area contributed by atoms with Gasteiger partial charge in [-0.05, 0) is 57.2 Å². The molecule has 3 rings (SSSR count). The highest BCUT2D eigenvalue weighted by Gasteiger charge is 2.47. The van der Waals surface area contributed by atoms with Crippen molar-refractivity contribution < 1.29 is 27.9 Å². The van der Waals surface area contributed by atoms with Crippen LogP contribution in [0.5, 0.6) is 5.75 Å². The highest BCUT2D eigenvalue weighted by molar-refractivity contribution is 7.89. The number of imide groups is 1. The van der Waals surface area contributed by atoms with E-state index in [1.54, 1.807) is 24.8 Å². The van der Waals surface area contributed by atoms with Gasteiger partial charge in [0.25, 0.3) is 0 Å². The van der Waals surface area contributed by atoms with Gasteiger partial charge in [0.2, 0.25) is 15.9 Å². The maximum atomic E-state index is 12.7. The Labute approximate surface area is 189 Å². The van der Waals surface area contributed by atoms with Crippen LogP contribution >= 0.6 is 0 Å². The minimum atomic E-state index is -3.47. The van der Waals surface area contributed by atoms with Gasteiger partial charge in [0, 0.05) is 19.5 Å². The van der Waals surface area contributed by atoms with Crippen molar-refractivity contribution >= 4 is 22.0 Å². The van der Waals surface area contributed by atoms with Crippen molar-refractivity contribution in [1.29, 1.82) is 0 Å². The van der Waals surface area contributed by atoms with Crippen molar-refractivity contribution in [3.8, 4) is 5.75 Å². The Kier molecular flexibility index (Phi) is 7.46. The molecule has 2 fully saturated rings. The fraction of sp³-hybridized carbons (Fsp3) is 0.636. The number of sulfonamides is 1. The van der Waals surface area contributed by atoms with Gasteiger partial charge < -0.3 is 14.7 Å². The molecule has 0 unspecified atom stereocenters. The van der Waals surface area contributed by atoms with E-state index in [4.69, 9.17) is 4.74 Å². The van der Waals surface area contributed by atoms with Crippen molar-refractivity contribution in [2.75, 3.05) is 25.4 Å². The van der Waals surface area contributed by atoms with Crippen LogP contribution in [-0.2, 0) is 20.4 Å². The molecule has 1 aromatic carbocycles. The third kappa shape index (κ3) is 7.18. The van der Waals surface area contributed by atoms with Crippen LogP contribution < -0.4 is 14.8 Å². The first-order valence-electron chi connectivity index (χ1n) is 11.0. The average Bonchev–Trinajstić information content (AvgIpc) is 3.47. The summed E-state index contributed by atoms with van der Waals surface area (Å²) in [6, 6.07) is 6.96. The molecule has 10 heteroatoms. The summed E-state index contributed by atoms with van der Waals surface area (Å²) < 4.78 is 33.8. The van der Waals surface area contributed by atoms with Crippen LogP contribution in [0.3, 0.4) is 0 Å². The topological polar surface area (TPSA) is 125 Å². The number of nitrogens with one attached hydrogen (secondary N) is 2. The molecule has 32 heavy (non-hydrogen) atoms. The number of carbonyl (C=O) groups is 2. The normalized spacial score (nSPS) is 18.4. The molecule has 178 valence electrons. The van der Waals surface area contributed by atoms with Gasteiger partial charge in [0.05, 0.1) is 16.9 Å². The van der Waals surface area contributed by atoms with E-state index in [0.717, 1.165) is 18.4 Å². The van der Waals surface area contributed by atoms with Crippen molar-refractivity contribution in [2.45, 2.75) is 63.5 Å². The molecule has 1 saturated heterocycles. The fourth-order valence-corrected chi connectivity index (χ4v) is 5.25. The zero-order valence-corrected chi connectivity index (χ0v) is 19.5. The van der Waals surface area contributed by atoms with Crippen LogP contribution in [-0.4, -0.2) is 61.4 Å². The third-order valence-corrected chi connectivity index (χ3v) is 7.09. The molecular formula is C22H33N3O6S. The predicted molar refractivity (Wildman–Crippen MR) is 120 cm³/mol. The first kappa shape index (κ1) is 24.5. The number of nitrogens with zero attached hydrogens (tertiary/aromatic N) is 1. The Balaban J connectivity index is 1.45. The highest BCUT2D eigenvalue weighted by atomic mass is 32.2. The molecule has 1 aliphatic carbocycles. The van der Waals surface area contributed by atoms with Crippen LogP contribution in [0.1, 0.15) is 57.9 Å². The quantitative estimate of drug-likeness (QED) is 0.403. The van der Waals surface area contributed by atoms with Crippen LogP contribution in [0.25, 0.3) is 0 Å². The number of hydrogen-bond acceptors (Lipinski definition) is 6. The van der Waals surface area contributed by atoms with Crippen LogP contribution in [0.2, 0.25) is 0 Å². The first-order valence-corrected chi connectivity index (χ1v) is 12.7. The minimum Gasteiger partial charge on any atom is -0.491 e. The number of amides is 3. The lowest BCUT2D eigenvalue weighted by molar-refractivity contribution is -0.121. The van der Waals surface area contributed by atoms with Gasteiger partial charge in [-0.15, -0.1) is 0 Å². The van der Waals surface area contributed by atoms with Crippen molar-refractivity contribution in [3.05, 3.63) is 29.8 Å². The monoisotopic (exact) mass is 467 g/mol. The van der Waals surface area contributed by atoms with E-state index < -0.39 is 21.2 Å². The van der Waals surface area contributed by atoms with Gasteiger partial charge >= 0.3 is 6.03 Å². The van der Waals surface area contributed by atoms with Gasteiger partial charge in [-0.2, -0.15) is 0 Å². The van der Waals surface area contributed by atoms with E-state index in [0.29, 0.717) is 44.5 Å². The fourth-order valence-electron chi connectivity index (χ4n) is 3.65. The number of unbranched alkanes of at least 4 members (excludes halogenated alkanes) is 2. The number of benzene rings is 1. The van der Waals surface area contributed by atoms with Gasteiger partial charge in [0.15, 0.2) is 0 Å². The van der Waals surface area contributed by atoms with Crippen molar-refractivity contribution in [2.24, 2.45) is 0 Å². The largest absolute Gasteiger partial charge is 0.491 e. The van der Waals surface area contributed by atoms with Crippen LogP contribution in [0.15, 0.2) is 24.3 Å². The standard InChI is InChI=1S/C22H33N3O6S/c1-21(2,28)16-31-18-8-6-7-17(15-18)22(10-11-22)24-32(29,30)14-5-3-4-12-25-13-9-19(26)23-20(25)27/h6-8,15,24,28H,3-5,9-14,16H2,1-2H3,(H,23,26,27). The summed E-state index contributed by atoms with van der Waals surface area (Å²) >= 11 is 0. The number of hydrogen-bond donors (Lipinski definition) is 3. The summed E-state index contributed by atoms with van der Waals surface area (Å²) in [5.74, 6) is 0.360. The lowest BCUT2D eigenvalue weighted by Gasteiger charge is -2.26. The summed E-state index contributed by atoms with van der Waals surface area (Å²) in [4.78, 5) is 24.5. The van der Waals surface area contributed by atoms with Crippen LogP contribution in [0, 0.1) is 0 Å². The Bertz CT molecular complexity index is 937. The molecule has 0 atom stereocenters. The molecule has 0 spiro atoms. The first-order chi connectivity index (χ1) is 15.0. The molecule has 0 aromatic heterocycles. The molecular weight excluding hydrogens is 434 g/mol. The summed E-state index contributed by atoms with van der Waals surface area (Å²) in [5.41, 5.74) is -0.685. The van der Waals surface area contributed by atoms with Crippen LogP contribution in [0.4, 0.5) is 4.79 Å². The third-order valence-electron chi connectivity index (χ3n) is 5.56. The van der Waals surface area contributed by atoms with E-state index in [2.05, 4.69) is 10.0 Å². The minimum absolute atomic E-state index is 0.0221. The second-order valence-corrected chi connectivity index (χ2v) is 11.1. The molecule has 3 N–H and O–H groups in total.